The highest BCUT2D eigenvalue weighted by Gasteiger charge is 2.03. The first-order valence-corrected chi connectivity index (χ1v) is 5.87. The molecule has 1 nitrogen and oxygen atoms in total. The molecule has 0 aliphatic carbocycles. The van der Waals surface area contributed by atoms with Gasteiger partial charge in [-0.3, -0.25) is 0 Å². The molecular weight excluding hydrogens is 214 g/mol. The Hall–Kier alpha value is -1.41. The van der Waals surface area contributed by atoms with Crippen LogP contribution in [0.4, 0.5) is 0 Å². The molecule has 0 saturated heterocycles. The quantitative estimate of drug-likeness (QED) is 0.791. The number of benzene rings is 2. The van der Waals surface area contributed by atoms with E-state index in [9.17, 15) is 0 Å². The molecule has 82 valence electrons. The Morgan fingerprint density at radius 1 is 1.06 bits per heavy atom. The molecule has 2 heteroatoms. The first-order valence-electron chi connectivity index (χ1n) is 5.46. The molecule has 0 aliphatic heterocycles. The van der Waals surface area contributed by atoms with E-state index in [4.69, 9.17) is 12.2 Å². The number of nitrogens with one attached hydrogen (secondary N) is 1. The largest absolute Gasteiger partial charge is 0.374 e. The molecule has 2 rings (SSSR count). The van der Waals surface area contributed by atoms with Crippen molar-refractivity contribution < 1.29 is 0 Å². The smallest absolute Gasteiger partial charge is 0.106 e. The minimum Gasteiger partial charge on any atom is -0.374 e. The zero-order chi connectivity index (χ0) is 11.5. The molecule has 0 spiro atoms. The van der Waals surface area contributed by atoms with Gasteiger partial charge in [0.05, 0.1) is 0 Å². The maximum Gasteiger partial charge on any atom is 0.106 e. The summed E-state index contributed by atoms with van der Waals surface area (Å²) in [7, 11) is 0. The van der Waals surface area contributed by atoms with Crippen molar-refractivity contribution in [3.05, 3.63) is 48.0 Å². The van der Waals surface area contributed by atoms with Crippen LogP contribution in [0.5, 0.6) is 0 Å². The lowest BCUT2D eigenvalue weighted by Crippen LogP contribution is -2.29. The normalized spacial score (nSPS) is 10.7. The van der Waals surface area contributed by atoms with Crippen LogP contribution in [-0.4, -0.2) is 11.0 Å². The molecule has 0 atom stereocenters. The number of rotatable bonds is 2. The molecule has 0 fully saturated rings. The Balaban J connectivity index is 2.35. The fraction of sp³-hybridized carbons (Fsp3) is 0.214. The van der Waals surface area contributed by atoms with E-state index in [1.165, 1.54) is 10.8 Å². The van der Waals surface area contributed by atoms with Gasteiger partial charge in [-0.25, -0.2) is 0 Å². The van der Waals surface area contributed by atoms with Crippen LogP contribution < -0.4 is 5.32 Å². The highest BCUT2D eigenvalue weighted by atomic mass is 32.1. The monoisotopic (exact) mass is 229 g/mol. The van der Waals surface area contributed by atoms with Crippen molar-refractivity contribution in [2.45, 2.75) is 19.9 Å². The van der Waals surface area contributed by atoms with Crippen molar-refractivity contribution in [2.24, 2.45) is 0 Å². The molecule has 0 unspecified atom stereocenters. The van der Waals surface area contributed by atoms with Crippen LogP contribution in [0.1, 0.15) is 19.4 Å². The number of thiocarbonyl (C=S) groups is 1. The fourth-order valence-corrected chi connectivity index (χ4v) is 2.04. The zero-order valence-electron chi connectivity index (χ0n) is 9.53. The van der Waals surface area contributed by atoms with Gasteiger partial charge in [-0.2, -0.15) is 0 Å². The van der Waals surface area contributed by atoms with Crippen LogP contribution >= 0.6 is 12.2 Å². The summed E-state index contributed by atoms with van der Waals surface area (Å²) in [4.78, 5) is 0.820. The van der Waals surface area contributed by atoms with E-state index in [2.05, 4.69) is 49.5 Å². The van der Waals surface area contributed by atoms with Crippen molar-refractivity contribution in [3.8, 4) is 0 Å². The van der Waals surface area contributed by atoms with E-state index in [1.54, 1.807) is 0 Å². The maximum absolute atomic E-state index is 5.35. The van der Waals surface area contributed by atoms with Gasteiger partial charge in [-0.1, -0.05) is 48.6 Å². The summed E-state index contributed by atoms with van der Waals surface area (Å²) >= 11 is 5.35. The molecule has 0 saturated carbocycles. The van der Waals surface area contributed by atoms with Gasteiger partial charge < -0.3 is 5.32 Å². The molecule has 0 bridgehead atoms. The third kappa shape index (κ3) is 2.39. The second-order valence-electron chi connectivity index (χ2n) is 4.19. The molecule has 2 aromatic rings. The summed E-state index contributed by atoms with van der Waals surface area (Å²) in [6.07, 6.45) is 0. The predicted octanol–water partition coefficient (Wildman–Crippen LogP) is 3.51. The molecule has 16 heavy (non-hydrogen) atoms. The van der Waals surface area contributed by atoms with Crippen molar-refractivity contribution >= 4 is 28.0 Å². The molecule has 0 aliphatic rings. The highest BCUT2D eigenvalue weighted by molar-refractivity contribution is 7.80. The van der Waals surface area contributed by atoms with Gasteiger partial charge in [-0.15, -0.1) is 0 Å². The van der Waals surface area contributed by atoms with E-state index in [-0.39, 0.29) is 0 Å². The Labute approximate surface area is 101 Å². The molecule has 2 aromatic carbocycles. The fourth-order valence-electron chi connectivity index (χ4n) is 1.68. The number of hydrogen-bond donors (Lipinski definition) is 1. The third-order valence-corrected chi connectivity index (χ3v) is 2.78. The van der Waals surface area contributed by atoms with Gasteiger partial charge in [0.2, 0.25) is 0 Å². The highest BCUT2D eigenvalue weighted by Crippen LogP contribution is 2.15. The minimum absolute atomic E-state index is 0.374. The summed E-state index contributed by atoms with van der Waals surface area (Å²) in [6.45, 7) is 4.18. The van der Waals surface area contributed by atoms with E-state index >= 15 is 0 Å². The molecule has 0 radical (unpaired) electrons. The Morgan fingerprint density at radius 2 is 1.75 bits per heavy atom. The standard InChI is InChI=1S/C14H15NS/c1-10(2)15-14(16)13-8-7-11-5-3-4-6-12(11)9-13/h3-10H,1-2H3,(H,15,16). The minimum atomic E-state index is 0.374. The lowest BCUT2D eigenvalue weighted by atomic mass is 10.1. The van der Waals surface area contributed by atoms with Gasteiger partial charge in [0, 0.05) is 11.6 Å². The molecule has 0 amide bonds. The lowest BCUT2D eigenvalue weighted by molar-refractivity contribution is 0.741. The SMILES string of the molecule is CC(C)NC(=S)c1ccc2ccccc2c1. The van der Waals surface area contributed by atoms with Gasteiger partial charge >= 0.3 is 0 Å². The van der Waals surface area contributed by atoms with Crippen LogP contribution in [0.2, 0.25) is 0 Å². The average molecular weight is 229 g/mol. The molecule has 0 heterocycles. The predicted molar refractivity (Wildman–Crippen MR) is 73.9 cm³/mol. The second-order valence-corrected chi connectivity index (χ2v) is 4.60. The van der Waals surface area contributed by atoms with Crippen LogP contribution in [0, 0.1) is 0 Å². The number of fused-ring (bicyclic) bond motifs is 1. The zero-order valence-corrected chi connectivity index (χ0v) is 10.3. The molecule has 1 N–H and O–H groups in total. The lowest BCUT2D eigenvalue weighted by Gasteiger charge is -2.11. The maximum atomic E-state index is 5.35. The van der Waals surface area contributed by atoms with Crippen molar-refractivity contribution in [3.63, 3.8) is 0 Å². The first kappa shape index (κ1) is 11.1. The summed E-state index contributed by atoms with van der Waals surface area (Å²) in [5.74, 6) is 0. The third-order valence-electron chi connectivity index (χ3n) is 2.43. The van der Waals surface area contributed by atoms with Crippen LogP contribution in [0.15, 0.2) is 42.5 Å². The summed E-state index contributed by atoms with van der Waals surface area (Å²) < 4.78 is 0. The number of hydrogen-bond acceptors (Lipinski definition) is 1. The second kappa shape index (κ2) is 4.62. The Kier molecular flexibility index (Phi) is 3.20. The van der Waals surface area contributed by atoms with E-state index in [0.29, 0.717) is 6.04 Å². The van der Waals surface area contributed by atoms with E-state index in [0.717, 1.165) is 10.6 Å². The Bertz CT molecular complexity index is 517. The summed E-state index contributed by atoms with van der Waals surface area (Å²) in [5.41, 5.74) is 1.09. The van der Waals surface area contributed by atoms with E-state index < -0.39 is 0 Å². The Morgan fingerprint density at radius 3 is 2.44 bits per heavy atom. The van der Waals surface area contributed by atoms with Crippen molar-refractivity contribution in [2.75, 3.05) is 0 Å². The van der Waals surface area contributed by atoms with Crippen LogP contribution in [-0.2, 0) is 0 Å². The summed E-state index contributed by atoms with van der Waals surface area (Å²) in [5, 5.41) is 5.73. The topological polar surface area (TPSA) is 12.0 Å². The van der Waals surface area contributed by atoms with Crippen LogP contribution in [0.3, 0.4) is 0 Å². The van der Waals surface area contributed by atoms with Crippen LogP contribution in [0.25, 0.3) is 10.8 Å². The van der Waals surface area contributed by atoms with E-state index in [1.807, 2.05) is 12.1 Å². The average Bonchev–Trinajstić information content (AvgIpc) is 2.27. The van der Waals surface area contributed by atoms with Gasteiger partial charge in [0.1, 0.15) is 4.99 Å². The van der Waals surface area contributed by atoms with Gasteiger partial charge in [0.15, 0.2) is 0 Å². The van der Waals surface area contributed by atoms with Gasteiger partial charge in [-0.05, 0) is 30.7 Å². The first-order chi connectivity index (χ1) is 7.66. The van der Waals surface area contributed by atoms with Gasteiger partial charge in [0.25, 0.3) is 0 Å². The van der Waals surface area contributed by atoms with Crippen molar-refractivity contribution in [1.29, 1.82) is 0 Å². The molecular formula is C14H15NS. The van der Waals surface area contributed by atoms with Crippen molar-refractivity contribution in [1.82, 2.24) is 5.32 Å². The summed E-state index contributed by atoms with van der Waals surface area (Å²) in [6, 6.07) is 15.0. The molecule has 0 aromatic heterocycles.